The molecule has 1 N–H and O–H groups in total. The summed E-state index contributed by atoms with van der Waals surface area (Å²) in [7, 11) is 1.75. The number of aromatic nitrogens is 2. The van der Waals surface area contributed by atoms with Gasteiger partial charge in [-0.05, 0) is 31.6 Å². The molecule has 6 nitrogen and oxygen atoms in total. The van der Waals surface area contributed by atoms with Crippen LogP contribution in [0, 0.1) is 28.9 Å². The van der Waals surface area contributed by atoms with E-state index in [2.05, 4.69) is 17.3 Å². The van der Waals surface area contributed by atoms with Crippen LogP contribution < -0.4 is 5.32 Å². The Kier molecular flexibility index (Phi) is 4.62. The third-order valence-electron chi connectivity index (χ3n) is 4.48. The second-order valence-electron chi connectivity index (χ2n) is 5.84. The fraction of sp³-hybridized carbons (Fsp3) is 0.786. The highest BCUT2D eigenvalue weighted by molar-refractivity contribution is 5.59. The molecule has 112 valence electrons. The molecule has 0 atom stereocenters. The van der Waals surface area contributed by atoms with Crippen LogP contribution in [0.1, 0.15) is 44.7 Å². The van der Waals surface area contributed by atoms with Crippen molar-refractivity contribution in [1.82, 2.24) is 9.78 Å². The maximum Gasteiger partial charge on any atom is 0.333 e. The van der Waals surface area contributed by atoms with Crippen LogP contribution in [0.2, 0.25) is 0 Å². The summed E-state index contributed by atoms with van der Waals surface area (Å²) in [6.07, 6.45) is 6.28. The van der Waals surface area contributed by atoms with Gasteiger partial charge in [0.05, 0.1) is 4.92 Å². The molecule has 0 unspecified atom stereocenters. The molecule has 1 aliphatic carbocycles. The molecule has 0 amide bonds. The van der Waals surface area contributed by atoms with Crippen LogP contribution in [0.25, 0.3) is 0 Å². The average molecular weight is 280 g/mol. The minimum absolute atomic E-state index is 0.106. The molecule has 0 spiro atoms. The number of anilines is 1. The summed E-state index contributed by atoms with van der Waals surface area (Å²) < 4.78 is 1.57. The Hall–Kier alpha value is -1.59. The molecule has 2 rings (SSSR count). The molecule has 1 fully saturated rings. The van der Waals surface area contributed by atoms with Crippen molar-refractivity contribution in [1.29, 1.82) is 0 Å². The van der Waals surface area contributed by atoms with Gasteiger partial charge in [0.25, 0.3) is 0 Å². The van der Waals surface area contributed by atoms with E-state index >= 15 is 0 Å². The predicted octanol–water partition coefficient (Wildman–Crippen LogP) is 3.27. The SMILES string of the molecule is CCC1CCC(CNc2c([N+](=O)[O-])c(C)nn2C)CC1. The number of nitrogens with one attached hydrogen (secondary N) is 1. The van der Waals surface area contributed by atoms with Crippen molar-refractivity contribution in [3.05, 3.63) is 15.8 Å². The topological polar surface area (TPSA) is 73.0 Å². The lowest BCUT2D eigenvalue weighted by Gasteiger charge is -2.27. The van der Waals surface area contributed by atoms with Gasteiger partial charge in [0.15, 0.2) is 0 Å². The van der Waals surface area contributed by atoms with E-state index in [4.69, 9.17) is 0 Å². The van der Waals surface area contributed by atoms with E-state index in [1.54, 1.807) is 18.7 Å². The Balaban J connectivity index is 1.96. The molecule has 6 heteroatoms. The van der Waals surface area contributed by atoms with Gasteiger partial charge in [-0.2, -0.15) is 5.10 Å². The Bertz CT molecular complexity index is 476. The highest BCUT2D eigenvalue weighted by atomic mass is 16.6. The van der Waals surface area contributed by atoms with Crippen LogP contribution in [0.4, 0.5) is 11.5 Å². The zero-order valence-corrected chi connectivity index (χ0v) is 12.6. The monoisotopic (exact) mass is 280 g/mol. The van der Waals surface area contributed by atoms with Gasteiger partial charge in [0.2, 0.25) is 5.82 Å². The second kappa shape index (κ2) is 6.24. The summed E-state index contributed by atoms with van der Waals surface area (Å²) in [6, 6.07) is 0. The average Bonchev–Trinajstić information content (AvgIpc) is 2.71. The summed E-state index contributed by atoms with van der Waals surface area (Å²) in [6.45, 7) is 4.73. The van der Waals surface area contributed by atoms with Gasteiger partial charge in [-0.3, -0.25) is 10.1 Å². The van der Waals surface area contributed by atoms with E-state index in [1.807, 2.05) is 0 Å². The van der Waals surface area contributed by atoms with Gasteiger partial charge in [-0.25, -0.2) is 4.68 Å². The highest BCUT2D eigenvalue weighted by Crippen LogP contribution is 2.32. The summed E-state index contributed by atoms with van der Waals surface area (Å²) in [4.78, 5) is 10.8. The summed E-state index contributed by atoms with van der Waals surface area (Å²) in [5.41, 5.74) is 0.574. The Labute approximate surface area is 119 Å². The molecule has 20 heavy (non-hydrogen) atoms. The first-order chi connectivity index (χ1) is 9.52. The lowest BCUT2D eigenvalue weighted by atomic mass is 9.81. The molecular weight excluding hydrogens is 256 g/mol. The molecule has 1 heterocycles. The maximum atomic E-state index is 11.1. The molecule has 1 aromatic heterocycles. The molecule has 1 aliphatic rings. The van der Waals surface area contributed by atoms with Gasteiger partial charge < -0.3 is 5.32 Å². The highest BCUT2D eigenvalue weighted by Gasteiger charge is 2.25. The van der Waals surface area contributed by atoms with Crippen LogP contribution in [-0.2, 0) is 7.05 Å². The Morgan fingerprint density at radius 1 is 1.35 bits per heavy atom. The van der Waals surface area contributed by atoms with Crippen molar-refractivity contribution in [3.63, 3.8) is 0 Å². The van der Waals surface area contributed by atoms with Gasteiger partial charge in [0.1, 0.15) is 5.69 Å². The number of hydrogen-bond donors (Lipinski definition) is 1. The molecule has 1 aromatic rings. The third kappa shape index (κ3) is 3.11. The fourth-order valence-corrected chi connectivity index (χ4v) is 3.15. The zero-order valence-electron chi connectivity index (χ0n) is 12.6. The van der Waals surface area contributed by atoms with E-state index < -0.39 is 0 Å². The number of rotatable bonds is 5. The molecule has 0 bridgehead atoms. The molecule has 1 saturated carbocycles. The minimum Gasteiger partial charge on any atom is -0.364 e. The smallest absolute Gasteiger partial charge is 0.333 e. The van der Waals surface area contributed by atoms with Crippen molar-refractivity contribution in [2.75, 3.05) is 11.9 Å². The van der Waals surface area contributed by atoms with Crippen LogP contribution in [0.3, 0.4) is 0 Å². The normalized spacial score (nSPS) is 22.8. The number of hydrogen-bond acceptors (Lipinski definition) is 4. The van der Waals surface area contributed by atoms with Crippen molar-refractivity contribution >= 4 is 11.5 Å². The second-order valence-corrected chi connectivity index (χ2v) is 5.84. The Morgan fingerprint density at radius 3 is 2.50 bits per heavy atom. The van der Waals surface area contributed by atoms with E-state index in [0.29, 0.717) is 17.4 Å². The van der Waals surface area contributed by atoms with Crippen molar-refractivity contribution in [3.8, 4) is 0 Å². The maximum absolute atomic E-state index is 11.1. The molecule has 0 radical (unpaired) electrons. The van der Waals surface area contributed by atoms with Crippen LogP contribution >= 0.6 is 0 Å². The number of nitrogens with zero attached hydrogens (tertiary/aromatic N) is 3. The third-order valence-corrected chi connectivity index (χ3v) is 4.48. The van der Waals surface area contributed by atoms with Crippen LogP contribution in [-0.4, -0.2) is 21.2 Å². The van der Waals surface area contributed by atoms with E-state index in [-0.39, 0.29) is 10.6 Å². The van der Waals surface area contributed by atoms with E-state index in [9.17, 15) is 10.1 Å². The van der Waals surface area contributed by atoms with Gasteiger partial charge >= 0.3 is 5.69 Å². The lowest BCUT2D eigenvalue weighted by molar-refractivity contribution is -0.384. The van der Waals surface area contributed by atoms with Crippen LogP contribution in [0.15, 0.2) is 0 Å². The summed E-state index contributed by atoms with van der Waals surface area (Å²) >= 11 is 0. The first-order valence-corrected chi connectivity index (χ1v) is 7.44. The van der Waals surface area contributed by atoms with Crippen molar-refractivity contribution in [2.45, 2.75) is 46.0 Å². The van der Waals surface area contributed by atoms with Gasteiger partial charge in [-0.1, -0.05) is 26.2 Å². The van der Waals surface area contributed by atoms with Gasteiger partial charge in [-0.15, -0.1) is 0 Å². The molecule has 0 aliphatic heterocycles. The first-order valence-electron chi connectivity index (χ1n) is 7.44. The van der Waals surface area contributed by atoms with Crippen LogP contribution in [0.5, 0.6) is 0 Å². The van der Waals surface area contributed by atoms with E-state index in [1.165, 1.54) is 32.1 Å². The standard InChI is InChI=1S/C14H24N4O2/c1-4-11-5-7-12(8-6-11)9-15-14-13(18(19)20)10(2)16-17(14)3/h11-12,15H,4-9H2,1-3H3. The van der Waals surface area contributed by atoms with Crippen molar-refractivity contribution < 1.29 is 4.92 Å². The number of nitro groups is 1. The van der Waals surface area contributed by atoms with Crippen molar-refractivity contribution in [2.24, 2.45) is 18.9 Å². The minimum atomic E-state index is -0.349. The first kappa shape index (κ1) is 14.8. The summed E-state index contributed by atoms with van der Waals surface area (Å²) in [5, 5.41) is 18.5. The quantitative estimate of drug-likeness (QED) is 0.663. The predicted molar refractivity (Wildman–Crippen MR) is 78.8 cm³/mol. The molecular formula is C14H24N4O2. The zero-order chi connectivity index (χ0) is 14.7. The van der Waals surface area contributed by atoms with E-state index in [0.717, 1.165) is 12.5 Å². The largest absolute Gasteiger partial charge is 0.364 e. The summed E-state index contributed by atoms with van der Waals surface area (Å²) in [5.74, 6) is 2.03. The number of aryl methyl sites for hydroxylation is 2. The lowest BCUT2D eigenvalue weighted by Crippen LogP contribution is -2.22. The molecule has 0 saturated heterocycles. The Morgan fingerprint density at radius 2 is 1.95 bits per heavy atom. The van der Waals surface area contributed by atoms with Gasteiger partial charge in [0, 0.05) is 13.6 Å². The fourth-order valence-electron chi connectivity index (χ4n) is 3.15. The molecule has 0 aromatic carbocycles.